The SMILES string of the molecule is N#Cc1cccc(C(=O)N2C[C@@H]3C[C@H](C2)[C@@H]2CCC[C@H](C4CC4)N2C3)c1. The van der Waals surface area contributed by atoms with E-state index >= 15 is 0 Å². The fourth-order valence-electron chi connectivity index (χ4n) is 5.90. The van der Waals surface area contributed by atoms with Crippen LogP contribution in [0.25, 0.3) is 0 Å². The number of benzene rings is 1. The fraction of sp³-hybridized carbons (Fsp3) is 0.636. The van der Waals surface area contributed by atoms with Gasteiger partial charge >= 0.3 is 0 Å². The van der Waals surface area contributed by atoms with Gasteiger partial charge in [0, 0.05) is 37.3 Å². The second-order valence-electron chi connectivity index (χ2n) is 8.86. The second kappa shape index (κ2) is 6.39. The maximum absolute atomic E-state index is 13.0. The zero-order valence-corrected chi connectivity index (χ0v) is 15.3. The van der Waals surface area contributed by atoms with Gasteiger partial charge in [-0.1, -0.05) is 12.5 Å². The molecule has 4 nitrogen and oxygen atoms in total. The number of likely N-dealkylation sites (tertiary alicyclic amines) is 1. The number of nitrogens with zero attached hydrogens (tertiary/aromatic N) is 3. The average Bonchev–Trinajstić information content (AvgIpc) is 3.52. The zero-order valence-electron chi connectivity index (χ0n) is 15.3. The summed E-state index contributed by atoms with van der Waals surface area (Å²) in [5, 5.41) is 9.11. The van der Waals surface area contributed by atoms with E-state index in [0.29, 0.717) is 29.0 Å². The van der Waals surface area contributed by atoms with Gasteiger partial charge in [-0.15, -0.1) is 0 Å². The number of hydrogen-bond acceptors (Lipinski definition) is 3. The number of amides is 1. The number of piperidine rings is 3. The molecule has 3 heterocycles. The van der Waals surface area contributed by atoms with Gasteiger partial charge < -0.3 is 4.90 Å². The largest absolute Gasteiger partial charge is 0.338 e. The van der Waals surface area contributed by atoms with Crippen LogP contribution in [0.5, 0.6) is 0 Å². The Morgan fingerprint density at radius 3 is 2.62 bits per heavy atom. The first-order valence-electron chi connectivity index (χ1n) is 10.3. The summed E-state index contributed by atoms with van der Waals surface area (Å²) in [5.74, 6) is 2.32. The summed E-state index contributed by atoms with van der Waals surface area (Å²) in [6, 6.07) is 10.8. The van der Waals surface area contributed by atoms with E-state index in [1.807, 2.05) is 12.1 Å². The molecule has 0 radical (unpaired) electrons. The molecule has 1 aliphatic carbocycles. The molecule has 4 fully saturated rings. The third kappa shape index (κ3) is 2.83. The topological polar surface area (TPSA) is 47.3 Å². The van der Waals surface area contributed by atoms with Gasteiger partial charge in [-0.3, -0.25) is 9.69 Å². The van der Waals surface area contributed by atoms with E-state index in [9.17, 15) is 4.79 Å². The van der Waals surface area contributed by atoms with E-state index in [1.54, 1.807) is 12.1 Å². The van der Waals surface area contributed by atoms with Gasteiger partial charge in [0.05, 0.1) is 11.6 Å². The maximum Gasteiger partial charge on any atom is 0.253 e. The van der Waals surface area contributed by atoms with Crippen LogP contribution in [0.3, 0.4) is 0 Å². The summed E-state index contributed by atoms with van der Waals surface area (Å²) in [6.07, 6.45) is 8.23. The van der Waals surface area contributed by atoms with Crippen LogP contribution in [0.4, 0.5) is 0 Å². The van der Waals surface area contributed by atoms with Crippen molar-refractivity contribution in [2.75, 3.05) is 19.6 Å². The Labute approximate surface area is 155 Å². The van der Waals surface area contributed by atoms with Crippen molar-refractivity contribution < 1.29 is 4.79 Å². The molecule has 2 bridgehead atoms. The Kier molecular flexibility index (Phi) is 4.01. The lowest BCUT2D eigenvalue weighted by atomic mass is 9.74. The molecule has 1 aromatic carbocycles. The molecule has 4 atom stereocenters. The monoisotopic (exact) mass is 349 g/mol. The quantitative estimate of drug-likeness (QED) is 0.823. The van der Waals surface area contributed by atoms with Crippen molar-refractivity contribution in [2.45, 2.75) is 50.6 Å². The highest BCUT2D eigenvalue weighted by atomic mass is 16.2. The van der Waals surface area contributed by atoms with Crippen molar-refractivity contribution in [1.29, 1.82) is 5.26 Å². The Morgan fingerprint density at radius 1 is 1.04 bits per heavy atom. The van der Waals surface area contributed by atoms with Crippen molar-refractivity contribution >= 4 is 5.91 Å². The molecule has 0 unspecified atom stereocenters. The minimum absolute atomic E-state index is 0.111. The molecule has 0 aromatic heterocycles. The van der Waals surface area contributed by atoms with Crippen LogP contribution < -0.4 is 0 Å². The first-order valence-corrected chi connectivity index (χ1v) is 10.3. The Hall–Kier alpha value is -1.86. The van der Waals surface area contributed by atoms with E-state index in [1.165, 1.54) is 45.1 Å². The van der Waals surface area contributed by atoms with E-state index in [-0.39, 0.29) is 5.91 Å². The first kappa shape index (κ1) is 16.3. The Morgan fingerprint density at radius 2 is 1.85 bits per heavy atom. The van der Waals surface area contributed by atoms with E-state index in [4.69, 9.17) is 5.26 Å². The number of carbonyl (C=O) groups excluding carboxylic acids is 1. The molecule has 1 aromatic rings. The molecule has 5 rings (SSSR count). The molecule has 136 valence electrons. The van der Waals surface area contributed by atoms with E-state index in [2.05, 4.69) is 15.9 Å². The van der Waals surface area contributed by atoms with Gasteiger partial charge in [0.2, 0.25) is 0 Å². The fourth-order valence-corrected chi connectivity index (χ4v) is 5.90. The molecule has 0 spiro atoms. The Balaban J connectivity index is 1.34. The lowest BCUT2D eigenvalue weighted by Crippen LogP contribution is -2.62. The smallest absolute Gasteiger partial charge is 0.253 e. The minimum atomic E-state index is 0.111. The normalized spacial score (nSPS) is 34.0. The molecule has 3 saturated heterocycles. The average molecular weight is 349 g/mol. The summed E-state index contributed by atoms with van der Waals surface area (Å²) in [5.41, 5.74) is 1.24. The van der Waals surface area contributed by atoms with E-state index in [0.717, 1.165) is 25.0 Å². The summed E-state index contributed by atoms with van der Waals surface area (Å²) in [6.45, 7) is 2.96. The molecular weight excluding hydrogens is 322 g/mol. The van der Waals surface area contributed by atoms with Crippen molar-refractivity contribution in [3.8, 4) is 6.07 Å². The summed E-state index contributed by atoms with van der Waals surface area (Å²) in [7, 11) is 0. The van der Waals surface area contributed by atoms with Crippen molar-refractivity contribution in [1.82, 2.24) is 9.80 Å². The summed E-state index contributed by atoms with van der Waals surface area (Å²) in [4.78, 5) is 18.0. The maximum atomic E-state index is 13.0. The predicted octanol–water partition coefficient (Wildman–Crippen LogP) is 3.28. The molecule has 1 saturated carbocycles. The molecule has 0 N–H and O–H groups in total. The molecule has 4 aliphatic rings. The van der Waals surface area contributed by atoms with Gasteiger partial charge in [-0.05, 0) is 68.1 Å². The highest BCUT2D eigenvalue weighted by Crippen LogP contribution is 2.46. The highest BCUT2D eigenvalue weighted by molar-refractivity contribution is 5.94. The number of carbonyl (C=O) groups is 1. The highest BCUT2D eigenvalue weighted by Gasteiger charge is 2.48. The van der Waals surface area contributed by atoms with Crippen LogP contribution in [0, 0.1) is 29.1 Å². The molecule has 4 heteroatoms. The Bertz CT molecular complexity index is 750. The van der Waals surface area contributed by atoms with Crippen LogP contribution in [-0.2, 0) is 0 Å². The minimum Gasteiger partial charge on any atom is -0.338 e. The van der Waals surface area contributed by atoms with E-state index < -0.39 is 0 Å². The third-order valence-electron chi connectivity index (χ3n) is 7.13. The number of hydrogen-bond donors (Lipinski definition) is 0. The van der Waals surface area contributed by atoms with Crippen LogP contribution in [-0.4, -0.2) is 47.4 Å². The zero-order chi connectivity index (χ0) is 17.7. The van der Waals surface area contributed by atoms with Gasteiger partial charge in [0.1, 0.15) is 0 Å². The van der Waals surface area contributed by atoms with Crippen LogP contribution in [0.15, 0.2) is 24.3 Å². The van der Waals surface area contributed by atoms with Crippen LogP contribution in [0.1, 0.15) is 54.4 Å². The third-order valence-corrected chi connectivity index (χ3v) is 7.13. The van der Waals surface area contributed by atoms with Gasteiger partial charge in [-0.2, -0.15) is 5.26 Å². The summed E-state index contributed by atoms with van der Waals surface area (Å²) >= 11 is 0. The molecule has 1 amide bonds. The second-order valence-corrected chi connectivity index (χ2v) is 8.86. The molecule has 3 aliphatic heterocycles. The molecule has 26 heavy (non-hydrogen) atoms. The number of rotatable bonds is 2. The molecular formula is C22H27N3O. The number of fused-ring (bicyclic) bond motifs is 4. The van der Waals surface area contributed by atoms with Gasteiger partial charge in [-0.25, -0.2) is 0 Å². The number of nitriles is 1. The van der Waals surface area contributed by atoms with Crippen LogP contribution >= 0.6 is 0 Å². The van der Waals surface area contributed by atoms with Gasteiger partial charge in [0.25, 0.3) is 5.91 Å². The van der Waals surface area contributed by atoms with Crippen molar-refractivity contribution in [3.63, 3.8) is 0 Å². The van der Waals surface area contributed by atoms with Crippen LogP contribution in [0.2, 0.25) is 0 Å². The lowest BCUT2D eigenvalue weighted by molar-refractivity contribution is -0.0551. The predicted molar refractivity (Wildman–Crippen MR) is 99.5 cm³/mol. The standard InChI is InChI=1S/C22H27N3O/c23-11-15-3-1-4-18(9-15)22(26)24-12-16-10-19(14-24)21-6-2-5-20(17-7-8-17)25(21)13-16/h1,3-4,9,16-17,19-21H,2,5-8,10,12-14H2/t16-,19+,20+,21-/m0/s1. The first-order chi connectivity index (χ1) is 12.7. The lowest BCUT2D eigenvalue weighted by Gasteiger charge is -2.55. The van der Waals surface area contributed by atoms with Crippen molar-refractivity contribution in [2.24, 2.45) is 17.8 Å². The van der Waals surface area contributed by atoms with Gasteiger partial charge in [0.15, 0.2) is 0 Å². The summed E-state index contributed by atoms with van der Waals surface area (Å²) < 4.78 is 0. The van der Waals surface area contributed by atoms with Crippen molar-refractivity contribution in [3.05, 3.63) is 35.4 Å².